The molecule has 2 aliphatic rings. The molecular weight excluding hydrogens is 299 g/mol. The van der Waals surface area contributed by atoms with E-state index in [1.165, 1.54) is 24.3 Å². The number of carbonyl (C=O) groups excluding carboxylic acids is 2. The molecule has 3 amide bonds. The molecule has 1 heterocycles. The van der Waals surface area contributed by atoms with Crippen LogP contribution in [0.1, 0.15) is 12.8 Å². The quantitative estimate of drug-likeness (QED) is 0.878. The van der Waals surface area contributed by atoms with Crippen LogP contribution >= 0.6 is 0 Å². The van der Waals surface area contributed by atoms with Crippen LogP contribution in [0.3, 0.4) is 0 Å². The summed E-state index contributed by atoms with van der Waals surface area (Å²) in [7, 11) is 0. The minimum atomic E-state index is -0.332. The van der Waals surface area contributed by atoms with Crippen LogP contribution in [0.15, 0.2) is 24.3 Å². The highest BCUT2D eigenvalue weighted by Gasteiger charge is 2.26. The summed E-state index contributed by atoms with van der Waals surface area (Å²) < 4.78 is 12.8. The number of amides is 3. The van der Waals surface area contributed by atoms with Gasteiger partial charge in [0.05, 0.1) is 6.54 Å². The number of nitrogens with zero attached hydrogens (tertiary/aromatic N) is 2. The molecule has 1 aliphatic carbocycles. The summed E-state index contributed by atoms with van der Waals surface area (Å²) in [6.45, 7) is 2.89. The number of halogens is 1. The maximum absolute atomic E-state index is 12.8. The first-order valence-electron chi connectivity index (χ1n) is 7.93. The molecule has 1 aromatic rings. The summed E-state index contributed by atoms with van der Waals surface area (Å²) in [5.41, 5.74) is 0.572. The Labute approximate surface area is 134 Å². The number of carbonyl (C=O) groups is 2. The summed E-state index contributed by atoms with van der Waals surface area (Å²) in [5, 5.41) is 5.72. The van der Waals surface area contributed by atoms with Crippen LogP contribution < -0.4 is 10.6 Å². The van der Waals surface area contributed by atoms with Crippen molar-refractivity contribution in [1.29, 1.82) is 0 Å². The van der Waals surface area contributed by atoms with Crippen molar-refractivity contribution >= 4 is 17.6 Å². The second kappa shape index (κ2) is 6.95. The molecule has 3 rings (SSSR count). The van der Waals surface area contributed by atoms with Crippen molar-refractivity contribution in [2.75, 3.05) is 38.0 Å². The number of anilines is 1. The molecule has 1 saturated heterocycles. The standard InChI is InChI=1S/C16H21FN4O2/c17-12-1-3-14(4-2-12)19-16(23)21-9-7-20(8-10-21)11-15(22)18-13-5-6-13/h1-4,13H,5-11H2,(H,18,22)(H,19,23). The highest BCUT2D eigenvalue weighted by atomic mass is 19.1. The Morgan fingerprint density at radius 3 is 2.35 bits per heavy atom. The van der Waals surface area contributed by atoms with Gasteiger partial charge in [0.1, 0.15) is 5.82 Å². The predicted octanol–water partition coefficient (Wildman–Crippen LogP) is 1.25. The zero-order valence-corrected chi connectivity index (χ0v) is 12.9. The summed E-state index contributed by atoms with van der Waals surface area (Å²) in [5.74, 6) is -0.266. The minimum Gasteiger partial charge on any atom is -0.352 e. The van der Waals surface area contributed by atoms with Crippen LogP contribution in [0.2, 0.25) is 0 Å². The van der Waals surface area contributed by atoms with E-state index < -0.39 is 0 Å². The lowest BCUT2D eigenvalue weighted by Crippen LogP contribution is -2.52. The van der Waals surface area contributed by atoms with Crippen molar-refractivity contribution in [3.8, 4) is 0 Å². The van der Waals surface area contributed by atoms with E-state index in [0.717, 1.165) is 12.8 Å². The van der Waals surface area contributed by atoms with Crippen molar-refractivity contribution in [3.63, 3.8) is 0 Å². The van der Waals surface area contributed by atoms with Crippen LogP contribution in [0, 0.1) is 5.82 Å². The maximum Gasteiger partial charge on any atom is 0.321 e. The topological polar surface area (TPSA) is 64.7 Å². The van der Waals surface area contributed by atoms with Crippen LogP contribution in [0.25, 0.3) is 0 Å². The fourth-order valence-corrected chi connectivity index (χ4v) is 2.55. The van der Waals surface area contributed by atoms with Crippen molar-refractivity contribution in [3.05, 3.63) is 30.1 Å². The Hall–Kier alpha value is -2.15. The first kappa shape index (κ1) is 15.7. The van der Waals surface area contributed by atoms with Crippen LogP contribution in [-0.2, 0) is 4.79 Å². The molecule has 1 saturated carbocycles. The number of hydrogen-bond acceptors (Lipinski definition) is 3. The lowest BCUT2D eigenvalue weighted by atomic mass is 10.3. The molecule has 0 radical (unpaired) electrons. The third kappa shape index (κ3) is 4.66. The number of urea groups is 1. The van der Waals surface area contributed by atoms with Crippen molar-refractivity contribution in [1.82, 2.24) is 15.1 Å². The zero-order valence-electron chi connectivity index (χ0n) is 12.9. The van der Waals surface area contributed by atoms with Gasteiger partial charge in [-0.2, -0.15) is 0 Å². The van der Waals surface area contributed by atoms with E-state index in [9.17, 15) is 14.0 Å². The normalized spacial score (nSPS) is 18.6. The van der Waals surface area contributed by atoms with Crippen LogP contribution in [0.4, 0.5) is 14.9 Å². The van der Waals surface area contributed by atoms with Crippen LogP contribution in [0.5, 0.6) is 0 Å². The smallest absolute Gasteiger partial charge is 0.321 e. The average Bonchev–Trinajstić information content (AvgIpc) is 3.34. The zero-order chi connectivity index (χ0) is 16.2. The van der Waals surface area contributed by atoms with Gasteiger partial charge in [-0.15, -0.1) is 0 Å². The average molecular weight is 320 g/mol. The molecule has 0 spiro atoms. The Morgan fingerprint density at radius 1 is 1.09 bits per heavy atom. The molecule has 2 N–H and O–H groups in total. The van der Waals surface area contributed by atoms with Crippen molar-refractivity contribution in [2.45, 2.75) is 18.9 Å². The van der Waals surface area contributed by atoms with Gasteiger partial charge in [-0.3, -0.25) is 9.69 Å². The largest absolute Gasteiger partial charge is 0.352 e. The van der Waals surface area contributed by atoms with E-state index in [1.807, 2.05) is 0 Å². The Kier molecular flexibility index (Phi) is 4.76. The fourth-order valence-electron chi connectivity index (χ4n) is 2.55. The fraction of sp³-hybridized carbons (Fsp3) is 0.500. The van der Waals surface area contributed by atoms with E-state index in [-0.39, 0.29) is 17.8 Å². The molecule has 6 nitrogen and oxygen atoms in total. The second-order valence-electron chi connectivity index (χ2n) is 6.04. The van der Waals surface area contributed by atoms with E-state index >= 15 is 0 Å². The summed E-state index contributed by atoms with van der Waals surface area (Å²) in [6, 6.07) is 5.87. The second-order valence-corrected chi connectivity index (χ2v) is 6.04. The third-order valence-corrected chi connectivity index (χ3v) is 4.06. The van der Waals surface area contributed by atoms with Gasteiger partial charge in [-0.1, -0.05) is 0 Å². The lowest BCUT2D eigenvalue weighted by Gasteiger charge is -2.34. The first-order valence-corrected chi connectivity index (χ1v) is 7.93. The Bertz CT molecular complexity index is 566. The summed E-state index contributed by atoms with van der Waals surface area (Å²) in [4.78, 5) is 27.7. The third-order valence-electron chi connectivity index (χ3n) is 4.06. The molecule has 0 atom stereocenters. The highest BCUT2D eigenvalue weighted by Crippen LogP contribution is 2.18. The van der Waals surface area contributed by atoms with Gasteiger partial charge < -0.3 is 15.5 Å². The van der Waals surface area contributed by atoms with Gasteiger partial charge >= 0.3 is 6.03 Å². The van der Waals surface area contributed by atoms with E-state index in [2.05, 4.69) is 15.5 Å². The Morgan fingerprint density at radius 2 is 1.74 bits per heavy atom. The monoisotopic (exact) mass is 320 g/mol. The number of piperazine rings is 1. The molecule has 2 fully saturated rings. The molecule has 1 aromatic carbocycles. The van der Waals surface area contributed by atoms with Gasteiger partial charge in [-0.05, 0) is 37.1 Å². The SMILES string of the molecule is O=C(CN1CCN(C(=O)Nc2ccc(F)cc2)CC1)NC1CC1. The minimum absolute atomic E-state index is 0.0664. The molecule has 23 heavy (non-hydrogen) atoms. The predicted molar refractivity (Wildman–Crippen MR) is 84.6 cm³/mol. The molecular formula is C16H21FN4O2. The first-order chi connectivity index (χ1) is 11.1. The number of hydrogen-bond donors (Lipinski definition) is 2. The molecule has 0 aromatic heterocycles. The molecule has 7 heteroatoms. The molecule has 1 aliphatic heterocycles. The molecule has 124 valence electrons. The van der Waals surface area contributed by atoms with Gasteiger partial charge in [-0.25, -0.2) is 9.18 Å². The van der Waals surface area contributed by atoms with Gasteiger partial charge in [0.15, 0.2) is 0 Å². The van der Waals surface area contributed by atoms with E-state index in [4.69, 9.17) is 0 Å². The molecule has 0 bridgehead atoms. The summed E-state index contributed by atoms with van der Waals surface area (Å²) in [6.07, 6.45) is 2.17. The van der Waals surface area contributed by atoms with Gasteiger partial charge in [0, 0.05) is 37.9 Å². The molecule has 0 unspecified atom stereocenters. The lowest BCUT2D eigenvalue weighted by molar-refractivity contribution is -0.122. The van der Waals surface area contributed by atoms with Gasteiger partial charge in [0.25, 0.3) is 0 Å². The van der Waals surface area contributed by atoms with Crippen molar-refractivity contribution in [2.24, 2.45) is 0 Å². The van der Waals surface area contributed by atoms with E-state index in [0.29, 0.717) is 44.5 Å². The van der Waals surface area contributed by atoms with Crippen LogP contribution in [-0.4, -0.2) is 60.5 Å². The Balaban J connectivity index is 1.41. The van der Waals surface area contributed by atoms with Gasteiger partial charge in [0.2, 0.25) is 5.91 Å². The maximum atomic E-state index is 12.8. The highest BCUT2D eigenvalue weighted by molar-refractivity contribution is 5.89. The number of nitrogens with one attached hydrogen (secondary N) is 2. The van der Waals surface area contributed by atoms with Crippen molar-refractivity contribution < 1.29 is 14.0 Å². The number of benzene rings is 1. The number of rotatable bonds is 4. The summed E-state index contributed by atoms with van der Waals surface area (Å²) >= 11 is 0. The van der Waals surface area contributed by atoms with E-state index in [1.54, 1.807) is 4.90 Å².